The Morgan fingerprint density at radius 1 is 1.09 bits per heavy atom. The van der Waals surface area contributed by atoms with Gasteiger partial charge in [-0.25, -0.2) is 4.79 Å². The Bertz CT molecular complexity index is 667. The van der Waals surface area contributed by atoms with Gasteiger partial charge in [0.1, 0.15) is 17.9 Å². The summed E-state index contributed by atoms with van der Waals surface area (Å²) < 4.78 is 48.7. The molecule has 122 valence electrons. The zero-order chi connectivity index (χ0) is 16.9. The molecule has 0 aliphatic rings. The minimum absolute atomic E-state index is 0.0558. The van der Waals surface area contributed by atoms with Gasteiger partial charge in [0.2, 0.25) is 0 Å². The fourth-order valence-electron chi connectivity index (χ4n) is 1.94. The zero-order valence-corrected chi connectivity index (χ0v) is 12.4. The topological polar surface area (TPSA) is 35.5 Å². The van der Waals surface area contributed by atoms with Gasteiger partial charge < -0.3 is 9.47 Å². The van der Waals surface area contributed by atoms with E-state index in [0.717, 1.165) is 23.8 Å². The number of hydrogen-bond donors (Lipinski definition) is 0. The molecule has 0 spiro atoms. The summed E-state index contributed by atoms with van der Waals surface area (Å²) in [6.07, 6.45) is -4.54. The first kappa shape index (κ1) is 16.9. The van der Waals surface area contributed by atoms with Crippen LogP contribution in [-0.2, 0) is 17.5 Å². The molecule has 0 unspecified atom stereocenters. The molecular weight excluding hydrogens is 309 g/mol. The predicted molar refractivity (Wildman–Crippen MR) is 78.2 cm³/mol. The van der Waals surface area contributed by atoms with Crippen molar-refractivity contribution >= 4 is 5.97 Å². The minimum atomic E-state index is -4.54. The summed E-state index contributed by atoms with van der Waals surface area (Å²) >= 11 is 0. The lowest BCUT2D eigenvalue weighted by Crippen LogP contribution is -2.12. The lowest BCUT2D eigenvalue weighted by Gasteiger charge is -2.14. The van der Waals surface area contributed by atoms with Crippen LogP contribution in [0.1, 0.15) is 28.4 Å². The normalized spacial score (nSPS) is 11.1. The summed E-state index contributed by atoms with van der Waals surface area (Å²) in [6.45, 7) is 1.78. The SMILES string of the molecule is CCOC(=O)c1cc(C(F)(F)F)ccc1OCc1ccccc1. The molecule has 3 nitrogen and oxygen atoms in total. The molecule has 0 N–H and O–H groups in total. The van der Waals surface area contributed by atoms with Crippen molar-refractivity contribution in [2.75, 3.05) is 6.61 Å². The van der Waals surface area contributed by atoms with Crippen molar-refractivity contribution in [1.82, 2.24) is 0 Å². The summed E-state index contributed by atoms with van der Waals surface area (Å²) in [6, 6.07) is 11.9. The van der Waals surface area contributed by atoms with Gasteiger partial charge in [0, 0.05) is 0 Å². The summed E-state index contributed by atoms with van der Waals surface area (Å²) in [5, 5.41) is 0. The smallest absolute Gasteiger partial charge is 0.416 e. The minimum Gasteiger partial charge on any atom is -0.488 e. The van der Waals surface area contributed by atoms with E-state index >= 15 is 0 Å². The molecule has 0 aromatic heterocycles. The first-order chi connectivity index (χ1) is 10.9. The number of rotatable bonds is 5. The Kier molecular flexibility index (Phi) is 5.26. The number of ether oxygens (including phenoxy) is 2. The van der Waals surface area contributed by atoms with Gasteiger partial charge in [-0.2, -0.15) is 13.2 Å². The van der Waals surface area contributed by atoms with E-state index < -0.39 is 17.7 Å². The summed E-state index contributed by atoms with van der Waals surface area (Å²) in [5.74, 6) is -0.790. The molecule has 0 heterocycles. The van der Waals surface area contributed by atoms with E-state index in [1.54, 1.807) is 6.92 Å². The van der Waals surface area contributed by atoms with E-state index in [9.17, 15) is 18.0 Å². The van der Waals surface area contributed by atoms with Crippen molar-refractivity contribution in [3.05, 3.63) is 65.2 Å². The third kappa shape index (κ3) is 4.48. The summed E-state index contributed by atoms with van der Waals surface area (Å²) in [7, 11) is 0. The maximum absolute atomic E-state index is 12.8. The Labute approximate surface area is 131 Å². The second kappa shape index (κ2) is 7.17. The largest absolute Gasteiger partial charge is 0.488 e. The van der Waals surface area contributed by atoms with Gasteiger partial charge in [-0.05, 0) is 30.7 Å². The Morgan fingerprint density at radius 2 is 1.78 bits per heavy atom. The van der Waals surface area contributed by atoms with E-state index in [0.29, 0.717) is 0 Å². The Morgan fingerprint density at radius 3 is 2.39 bits per heavy atom. The molecule has 0 atom stereocenters. The highest BCUT2D eigenvalue weighted by Gasteiger charge is 2.32. The fraction of sp³-hybridized carbons (Fsp3) is 0.235. The fourth-order valence-corrected chi connectivity index (χ4v) is 1.94. The van der Waals surface area contributed by atoms with E-state index in [1.165, 1.54) is 0 Å². The molecule has 2 aromatic rings. The molecule has 0 aliphatic heterocycles. The van der Waals surface area contributed by atoms with Crippen molar-refractivity contribution < 1.29 is 27.4 Å². The van der Waals surface area contributed by atoms with Gasteiger partial charge in [-0.1, -0.05) is 30.3 Å². The van der Waals surface area contributed by atoms with Gasteiger partial charge in [0.25, 0.3) is 0 Å². The average molecular weight is 324 g/mol. The Balaban J connectivity index is 2.28. The van der Waals surface area contributed by atoms with Crippen LogP contribution in [0.15, 0.2) is 48.5 Å². The number of benzene rings is 2. The summed E-state index contributed by atoms with van der Waals surface area (Å²) in [5.41, 5.74) is -0.326. The third-order valence-electron chi connectivity index (χ3n) is 3.04. The van der Waals surface area contributed by atoms with Crippen LogP contribution in [0, 0.1) is 0 Å². The van der Waals surface area contributed by atoms with Crippen molar-refractivity contribution in [2.45, 2.75) is 19.7 Å². The van der Waals surface area contributed by atoms with Gasteiger partial charge in [0.15, 0.2) is 0 Å². The molecule has 0 saturated heterocycles. The van der Waals surface area contributed by atoms with Gasteiger partial charge in [0.05, 0.1) is 12.2 Å². The lowest BCUT2D eigenvalue weighted by atomic mass is 10.1. The van der Waals surface area contributed by atoms with Crippen molar-refractivity contribution in [3.8, 4) is 5.75 Å². The maximum Gasteiger partial charge on any atom is 0.416 e. The zero-order valence-electron chi connectivity index (χ0n) is 12.4. The highest BCUT2D eigenvalue weighted by Crippen LogP contribution is 2.33. The van der Waals surface area contributed by atoms with Gasteiger partial charge in [-0.3, -0.25) is 0 Å². The number of alkyl halides is 3. The predicted octanol–water partition coefficient (Wildman–Crippen LogP) is 4.46. The van der Waals surface area contributed by atoms with Gasteiger partial charge in [-0.15, -0.1) is 0 Å². The third-order valence-corrected chi connectivity index (χ3v) is 3.04. The van der Waals surface area contributed by atoms with Crippen LogP contribution in [0.4, 0.5) is 13.2 Å². The summed E-state index contributed by atoms with van der Waals surface area (Å²) in [4.78, 5) is 11.9. The number of carbonyl (C=O) groups excluding carboxylic acids is 1. The molecular formula is C17H15F3O3. The molecule has 0 fully saturated rings. The molecule has 0 bridgehead atoms. The quantitative estimate of drug-likeness (QED) is 0.762. The highest BCUT2D eigenvalue weighted by molar-refractivity contribution is 5.92. The number of esters is 1. The van der Waals surface area contributed by atoms with E-state index in [-0.39, 0.29) is 24.5 Å². The highest BCUT2D eigenvalue weighted by atomic mass is 19.4. The van der Waals surface area contributed by atoms with Crippen LogP contribution in [0.25, 0.3) is 0 Å². The molecule has 0 aliphatic carbocycles. The lowest BCUT2D eigenvalue weighted by molar-refractivity contribution is -0.137. The van der Waals surface area contributed by atoms with E-state index in [2.05, 4.69) is 0 Å². The molecule has 2 rings (SSSR count). The van der Waals surface area contributed by atoms with Crippen LogP contribution in [-0.4, -0.2) is 12.6 Å². The van der Waals surface area contributed by atoms with Crippen molar-refractivity contribution in [2.24, 2.45) is 0 Å². The van der Waals surface area contributed by atoms with Crippen LogP contribution >= 0.6 is 0 Å². The molecule has 6 heteroatoms. The number of carbonyl (C=O) groups is 1. The Hall–Kier alpha value is -2.50. The first-order valence-corrected chi connectivity index (χ1v) is 6.97. The second-order valence-electron chi connectivity index (χ2n) is 4.70. The van der Waals surface area contributed by atoms with E-state index in [1.807, 2.05) is 30.3 Å². The standard InChI is InChI=1S/C17H15F3O3/c1-2-22-16(21)14-10-13(17(18,19)20)8-9-15(14)23-11-12-6-4-3-5-7-12/h3-10H,2,11H2,1H3. The number of hydrogen-bond acceptors (Lipinski definition) is 3. The van der Waals surface area contributed by atoms with Crippen LogP contribution in [0.2, 0.25) is 0 Å². The van der Waals surface area contributed by atoms with Crippen LogP contribution < -0.4 is 4.74 Å². The second-order valence-corrected chi connectivity index (χ2v) is 4.70. The molecule has 0 saturated carbocycles. The maximum atomic E-state index is 12.8. The van der Waals surface area contributed by atoms with E-state index in [4.69, 9.17) is 9.47 Å². The average Bonchev–Trinajstić information content (AvgIpc) is 2.53. The van der Waals surface area contributed by atoms with Crippen molar-refractivity contribution in [3.63, 3.8) is 0 Å². The molecule has 0 radical (unpaired) electrons. The molecule has 2 aromatic carbocycles. The molecule has 0 amide bonds. The molecule has 23 heavy (non-hydrogen) atoms. The van der Waals surface area contributed by atoms with Crippen LogP contribution in [0.3, 0.4) is 0 Å². The van der Waals surface area contributed by atoms with Crippen molar-refractivity contribution in [1.29, 1.82) is 0 Å². The monoisotopic (exact) mass is 324 g/mol. The van der Waals surface area contributed by atoms with Crippen LogP contribution in [0.5, 0.6) is 5.75 Å². The first-order valence-electron chi connectivity index (χ1n) is 6.97. The number of halogens is 3. The van der Waals surface area contributed by atoms with Gasteiger partial charge >= 0.3 is 12.1 Å².